The third-order valence-corrected chi connectivity index (χ3v) is 2.73. The number of aliphatic hydroxyl groups is 1. The summed E-state index contributed by atoms with van der Waals surface area (Å²) in [6.07, 6.45) is 0.545. The molecule has 1 aliphatic rings. The van der Waals surface area contributed by atoms with Crippen molar-refractivity contribution in [1.29, 1.82) is 0 Å². The number of carbonyl (C=O) groups is 1. The number of nitrogens with zero attached hydrogens (tertiary/aromatic N) is 2. The van der Waals surface area contributed by atoms with E-state index in [1.165, 1.54) is 12.1 Å². The molecule has 1 amide bonds. The number of fused-ring (bicyclic) bond motifs is 1. The summed E-state index contributed by atoms with van der Waals surface area (Å²) >= 11 is 0. The van der Waals surface area contributed by atoms with Crippen LogP contribution in [0.5, 0.6) is 0 Å². The molecule has 7 nitrogen and oxygen atoms in total. The molecule has 0 aromatic heterocycles. The highest BCUT2D eigenvalue weighted by atomic mass is 16.6. The van der Waals surface area contributed by atoms with Crippen LogP contribution in [0.3, 0.4) is 0 Å². The van der Waals surface area contributed by atoms with Crippen LogP contribution in [0, 0.1) is 10.1 Å². The Hall–Kier alpha value is -2.15. The summed E-state index contributed by atoms with van der Waals surface area (Å²) in [6.45, 7) is 0.778. The predicted molar refractivity (Wildman–Crippen MR) is 65.6 cm³/mol. The minimum atomic E-state index is -0.501. The highest BCUT2D eigenvalue weighted by molar-refractivity contribution is 6.01. The van der Waals surface area contributed by atoms with Gasteiger partial charge in [0.15, 0.2) is 0 Å². The molecule has 0 fully saturated rings. The smallest absolute Gasteiger partial charge is 0.271 e. The van der Waals surface area contributed by atoms with Gasteiger partial charge in [-0.2, -0.15) is 0 Å². The Balaban J connectivity index is 2.31. The summed E-state index contributed by atoms with van der Waals surface area (Å²) in [4.78, 5) is 23.5. The van der Waals surface area contributed by atoms with Crippen LogP contribution in [-0.4, -0.2) is 35.6 Å². The Bertz CT molecular complexity index is 489. The summed E-state index contributed by atoms with van der Waals surface area (Å²) in [5.41, 5.74) is 1.13. The molecule has 0 atom stereocenters. The standard InChI is InChI=1S/C11H13N3O4/c15-5-1-4-13-7-11(16)12-9-6-8(14(17)18)2-3-10(9)13/h2-3,6,15H,1,4-5,7H2,(H,12,16). The molecule has 0 unspecified atom stereocenters. The number of nitrogens with one attached hydrogen (secondary N) is 1. The first kappa shape index (κ1) is 12.3. The van der Waals surface area contributed by atoms with Crippen molar-refractivity contribution in [2.75, 3.05) is 29.9 Å². The molecule has 0 aliphatic carbocycles. The SMILES string of the molecule is O=C1CN(CCCO)c2ccc([N+](=O)[O-])cc2N1. The fourth-order valence-corrected chi connectivity index (χ4v) is 1.92. The molecule has 0 saturated heterocycles. The Kier molecular flexibility index (Phi) is 3.42. The van der Waals surface area contributed by atoms with Gasteiger partial charge < -0.3 is 15.3 Å². The number of aliphatic hydroxyl groups excluding tert-OH is 1. The lowest BCUT2D eigenvalue weighted by atomic mass is 10.1. The van der Waals surface area contributed by atoms with Gasteiger partial charge in [-0.1, -0.05) is 0 Å². The van der Waals surface area contributed by atoms with Crippen LogP contribution in [0.2, 0.25) is 0 Å². The summed E-state index contributed by atoms with van der Waals surface area (Å²) in [5, 5.41) is 22.1. The number of non-ortho nitro benzene ring substituents is 1. The van der Waals surface area contributed by atoms with Gasteiger partial charge in [0, 0.05) is 25.3 Å². The fourth-order valence-electron chi connectivity index (χ4n) is 1.92. The number of nitro benzene ring substituents is 1. The largest absolute Gasteiger partial charge is 0.396 e. The zero-order valence-electron chi connectivity index (χ0n) is 9.63. The molecule has 7 heteroatoms. The van der Waals surface area contributed by atoms with Crippen LogP contribution in [0.25, 0.3) is 0 Å². The van der Waals surface area contributed by atoms with E-state index in [1.54, 1.807) is 11.0 Å². The second-order valence-corrected chi connectivity index (χ2v) is 4.01. The first-order valence-electron chi connectivity index (χ1n) is 5.56. The summed E-state index contributed by atoms with van der Waals surface area (Å²) in [6, 6.07) is 4.37. The molecule has 96 valence electrons. The van der Waals surface area contributed by atoms with Crippen molar-refractivity contribution in [2.24, 2.45) is 0 Å². The average Bonchev–Trinajstić information content (AvgIpc) is 2.34. The number of nitro groups is 1. The quantitative estimate of drug-likeness (QED) is 0.607. The molecular weight excluding hydrogens is 238 g/mol. The maximum absolute atomic E-state index is 11.5. The maximum Gasteiger partial charge on any atom is 0.271 e. The Labute approximate surface area is 103 Å². The maximum atomic E-state index is 11.5. The van der Waals surface area contributed by atoms with Crippen molar-refractivity contribution in [3.05, 3.63) is 28.3 Å². The second-order valence-electron chi connectivity index (χ2n) is 4.01. The predicted octanol–water partition coefficient (Wildman–Crippen LogP) is 0.736. The van der Waals surface area contributed by atoms with Crippen molar-refractivity contribution in [3.8, 4) is 0 Å². The number of rotatable bonds is 4. The molecule has 1 heterocycles. The van der Waals surface area contributed by atoms with Crippen molar-refractivity contribution >= 4 is 23.0 Å². The van der Waals surface area contributed by atoms with Crippen LogP contribution in [-0.2, 0) is 4.79 Å². The number of hydrogen-bond acceptors (Lipinski definition) is 5. The normalized spacial score (nSPS) is 14.1. The zero-order chi connectivity index (χ0) is 13.1. The minimum absolute atomic E-state index is 0.0421. The monoisotopic (exact) mass is 251 g/mol. The van der Waals surface area contributed by atoms with E-state index < -0.39 is 4.92 Å². The third kappa shape index (κ3) is 2.40. The average molecular weight is 251 g/mol. The molecule has 1 aromatic rings. The molecule has 0 spiro atoms. The highest BCUT2D eigenvalue weighted by Gasteiger charge is 2.23. The lowest BCUT2D eigenvalue weighted by Gasteiger charge is -2.30. The van der Waals surface area contributed by atoms with E-state index in [0.29, 0.717) is 18.7 Å². The van der Waals surface area contributed by atoms with Gasteiger partial charge in [0.2, 0.25) is 5.91 Å². The molecular formula is C11H13N3O4. The molecule has 0 radical (unpaired) electrons. The van der Waals surface area contributed by atoms with E-state index in [1.807, 2.05) is 0 Å². The summed E-state index contributed by atoms with van der Waals surface area (Å²) in [7, 11) is 0. The van der Waals surface area contributed by atoms with Gasteiger partial charge in [-0.05, 0) is 12.5 Å². The third-order valence-electron chi connectivity index (χ3n) is 2.73. The molecule has 0 saturated carbocycles. The number of benzene rings is 1. The number of hydrogen-bond donors (Lipinski definition) is 2. The van der Waals surface area contributed by atoms with Gasteiger partial charge in [-0.15, -0.1) is 0 Å². The number of amides is 1. The van der Waals surface area contributed by atoms with Crippen LogP contribution in [0.4, 0.5) is 17.1 Å². The van der Waals surface area contributed by atoms with Crippen molar-refractivity contribution in [1.82, 2.24) is 0 Å². The molecule has 2 N–H and O–H groups in total. The first-order valence-corrected chi connectivity index (χ1v) is 5.56. The van der Waals surface area contributed by atoms with Gasteiger partial charge in [0.1, 0.15) is 0 Å². The van der Waals surface area contributed by atoms with Gasteiger partial charge in [0.25, 0.3) is 5.69 Å². The minimum Gasteiger partial charge on any atom is -0.396 e. The molecule has 18 heavy (non-hydrogen) atoms. The first-order chi connectivity index (χ1) is 8.61. The zero-order valence-corrected chi connectivity index (χ0v) is 9.63. The Morgan fingerprint density at radius 2 is 2.28 bits per heavy atom. The van der Waals surface area contributed by atoms with Gasteiger partial charge in [-0.3, -0.25) is 14.9 Å². The van der Waals surface area contributed by atoms with Crippen LogP contribution < -0.4 is 10.2 Å². The number of anilines is 2. The lowest BCUT2D eigenvalue weighted by molar-refractivity contribution is -0.384. The molecule has 0 bridgehead atoms. The van der Waals surface area contributed by atoms with Gasteiger partial charge in [-0.25, -0.2) is 0 Å². The number of carbonyl (C=O) groups excluding carboxylic acids is 1. The van der Waals surface area contributed by atoms with E-state index in [9.17, 15) is 14.9 Å². The molecule has 1 aliphatic heterocycles. The highest BCUT2D eigenvalue weighted by Crippen LogP contribution is 2.32. The van der Waals surface area contributed by atoms with E-state index >= 15 is 0 Å². The van der Waals surface area contributed by atoms with Gasteiger partial charge >= 0.3 is 0 Å². The molecule has 1 aromatic carbocycles. The van der Waals surface area contributed by atoms with E-state index in [-0.39, 0.29) is 24.7 Å². The second kappa shape index (κ2) is 5.01. The van der Waals surface area contributed by atoms with Crippen LogP contribution in [0.1, 0.15) is 6.42 Å². The van der Waals surface area contributed by atoms with Crippen molar-refractivity contribution < 1.29 is 14.8 Å². The van der Waals surface area contributed by atoms with Crippen LogP contribution in [0.15, 0.2) is 18.2 Å². The van der Waals surface area contributed by atoms with E-state index in [0.717, 1.165) is 5.69 Å². The Morgan fingerprint density at radius 1 is 1.50 bits per heavy atom. The van der Waals surface area contributed by atoms with Crippen molar-refractivity contribution in [3.63, 3.8) is 0 Å². The van der Waals surface area contributed by atoms with E-state index in [4.69, 9.17) is 5.11 Å². The van der Waals surface area contributed by atoms with Crippen LogP contribution >= 0.6 is 0 Å². The fraction of sp³-hybridized carbons (Fsp3) is 0.364. The summed E-state index contributed by atoms with van der Waals surface area (Å²) in [5.74, 6) is -0.207. The topological polar surface area (TPSA) is 95.7 Å². The van der Waals surface area contributed by atoms with Crippen molar-refractivity contribution in [2.45, 2.75) is 6.42 Å². The lowest BCUT2D eigenvalue weighted by Crippen LogP contribution is -2.39. The molecule has 2 rings (SSSR count). The summed E-state index contributed by atoms with van der Waals surface area (Å²) < 4.78 is 0. The van der Waals surface area contributed by atoms with E-state index in [2.05, 4.69) is 5.32 Å². The Morgan fingerprint density at radius 3 is 2.94 bits per heavy atom. The van der Waals surface area contributed by atoms with Gasteiger partial charge in [0.05, 0.1) is 22.8 Å².